The van der Waals surface area contributed by atoms with Crippen LogP contribution < -0.4 is 5.32 Å². The van der Waals surface area contributed by atoms with Gasteiger partial charge in [-0.2, -0.15) is 0 Å². The first-order chi connectivity index (χ1) is 10.9. The smallest absolute Gasteiger partial charge is 0.412 e. The lowest BCUT2D eigenvalue weighted by atomic mass is 10.1. The zero-order chi connectivity index (χ0) is 17.0. The first kappa shape index (κ1) is 16.3. The molecule has 2 aromatic carbocycles. The average molecular weight is 325 g/mol. The molecule has 0 aliphatic heterocycles. The van der Waals surface area contributed by atoms with E-state index in [4.69, 9.17) is 9.84 Å². The number of hydrogen-bond acceptors (Lipinski definition) is 3. The lowest BCUT2D eigenvalue weighted by molar-refractivity contribution is 0.0691. The molecule has 0 radical (unpaired) electrons. The third-order valence-electron chi connectivity index (χ3n) is 2.83. The fraction of sp³-hybridized carbons (Fsp3) is 0.0667. The number of carbonyl (C=O) groups excluding carboxylic acids is 1. The molecule has 120 valence electrons. The summed E-state index contributed by atoms with van der Waals surface area (Å²) in [6.07, 6.45) is -1.21. The second-order valence-corrected chi connectivity index (χ2v) is 4.40. The van der Waals surface area contributed by atoms with Gasteiger partial charge >= 0.3 is 12.1 Å². The van der Waals surface area contributed by atoms with Gasteiger partial charge in [-0.15, -0.1) is 0 Å². The molecule has 0 unspecified atom stereocenters. The van der Waals surface area contributed by atoms with E-state index in [-0.39, 0.29) is 12.7 Å². The Labute approximate surface area is 128 Å². The number of nitrogens with one attached hydrogen (secondary N) is 1. The van der Waals surface area contributed by atoms with Gasteiger partial charge in [-0.1, -0.05) is 30.3 Å². The van der Waals surface area contributed by atoms with Gasteiger partial charge in [0, 0.05) is 6.07 Å². The molecular weight excluding hydrogens is 315 g/mol. The molecule has 0 bridgehead atoms. The van der Waals surface area contributed by atoms with Crippen molar-refractivity contribution in [2.45, 2.75) is 6.61 Å². The summed E-state index contributed by atoms with van der Waals surface area (Å²) < 4.78 is 44.9. The number of amides is 1. The molecule has 0 aliphatic carbocycles. The van der Waals surface area contributed by atoms with E-state index < -0.39 is 40.8 Å². The topological polar surface area (TPSA) is 75.6 Å². The molecule has 23 heavy (non-hydrogen) atoms. The second kappa shape index (κ2) is 6.82. The Hall–Kier alpha value is -3.03. The van der Waals surface area contributed by atoms with Crippen LogP contribution in [0.2, 0.25) is 0 Å². The maximum Gasteiger partial charge on any atom is 0.412 e. The quantitative estimate of drug-likeness (QED) is 0.843. The third kappa shape index (κ3) is 3.79. The summed E-state index contributed by atoms with van der Waals surface area (Å²) in [6.45, 7) is -0.166. The van der Waals surface area contributed by atoms with E-state index in [0.717, 1.165) is 0 Å². The largest absolute Gasteiger partial charge is 0.478 e. The summed E-state index contributed by atoms with van der Waals surface area (Å²) in [5.74, 6) is -6.82. The van der Waals surface area contributed by atoms with Crippen LogP contribution in [0.3, 0.4) is 0 Å². The summed E-state index contributed by atoms with van der Waals surface area (Å²) in [7, 11) is 0. The highest BCUT2D eigenvalue weighted by Gasteiger charge is 2.25. The van der Waals surface area contributed by atoms with E-state index in [1.165, 1.54) is 0 Å². The molecule has 8 heteroatoms. The number of carboxylic acid groups (broad SMARTS) is 1. The monoisotopic (exact) mass is 325 g/mol. The molecule has 0 aliphatic rings. The highest BCUT2D eigenvalue weighted by molar-refractivity contribution is 5.99. The Morgan fingerprint density at radius 2 is 1.74 bits per heavy atom. The predicted molar refractivity (Wildman–Crippen MR) is 73.5 cm³/mol. The molecule has 0 aromatic heterocycles. The van der Waals surface area contributed by atoms with Crippen molar-refractivity contribution in [3.05, 3.63) is 65.0 Å². The summed E-state index contributed by atoms with van der Waals surface area (Å²) in [6, 6.07) is 8.61. The Bertz CT molecular complexity index is 750. The van der Waals surface area contributed by atoms with Gasteiger partial charge in [0.25, 0.3) is 0 Å². The second-order valence-electron chi connectivity index (χ2n) is 4.40. The van der Waals surface area contributed by atoms with Gasteiger partial charge in [-0.3, -0.25) is 5.32 Å². The van der Waals surface area contributed by atoms with Crippen molar-refractivity contribution >= 4 is 17.7 Å². The number of carbonyl (C=O) groups is 2. The van der Waals surface area contributed by atoms with Crippen LogP contribution in [-0.2, 0) is 11.3 Å². The SMILES string of the molecule is O=C(Nc1c(F)cc(F)c(F)c1C(=O)O)OCc1ccccc1. The van der Waals surface area contributed by atoms with Crippen LogP contribution in [0.25, 0.3) is 0 Å². The first-order valence-corrected chi connectivity index (χ1v) is 6.28. The third-order valence-corrected chi connectivity index (χ3v) is 2.83. The van der Waals surface area contributed by atoms with E-state index in [0.29, 0.717) is 5.56 Å². The first-order valence-electron chi connectivity index (χ1n) is 6.28. The van der Waals surface area contributed by atoms with Crippen molar-refractivity contribution in [3.63, 3.8) is 0 Å². The van der Waals surface area contributed by atoms with Crippen LogP contribution in [0.5, 0.6) is 0 Å². The molecular formula is C15H10F3NO4. The van der Waals surface area contributed by atoms with Crippen LogP contribution in [0.1, 0.15) is 15.9 Å². The molecule has 0 saturated carbocycles. The number of carboxylic acids is 1. The molecule has 0 spiro atoms. The van der Waals surface area contributed by atoms with E-state index in [1.54, 1.807) is 35.6 Å². The molecule has 0 atom stereocenters. The Morgan fingerprint density at radius 3 is 2.35 bits per heavy atom. The Kier molecular flexibility index (Phi) is 4.85. The Balaban J connectivity index is 2.18. The number of anilines is 1. The minimum absolute atomic E-state index is 0.134. The molecule has 5 nitrogen and oxygen atoms in total. The minimum Gasteiger partial charge on any atom is -0.478 e. The molecule has 2 aromatic rings. The van der Waals surface area contributed by atoms with Crippen LogP contribution in [0.4, 0.5) is 23.7 Å². The highest BCUT2D eigenvalue weighted by Crippen LogP contribution is 2.25. The van der Waals surface area contributed by atoms with Crippen LogP contribution in [-0.4, -0.2) is 17.2 Å². The van der Waals surface area contributed by atoms with Crippen molar-refractivity contribution in [3.8, 4) is 0 Å². The maximum atomic E-state index is 13.6. The molecule has 2 rings (SSSR count). The zero-order valence-corrected chi connectivity index (χ0v) is 11.5. The van der Waals surface area contributed by atoms with Gasteiger partial charge in [0.15, 0.2) is 17.5 Å². The van der Waals surface area contributed by atoms with Gasteiger partial charge in [0.1, 0.15) is 12.2 Å². The average Bonchev–Trinajstić information content (AvgIpc) is 2.51. The van der Waals surface area contributed by atoms with Gasteiger partial charge < -0.3 is 9.84 Å². The zero-order valence-electron chi connectivity index (χ0n) is 11.5. The van der Waals surface area contributed by atoms with Crippen LogP contribution in [0, 0.1) is 17.5 Å². The summed E-state index contributed by atoms with van der Waals surface area (Å²) in [4.78, 5) is 22.5. The van der Waals surface area contributed by atoms with Gasteiger partial charge in [-0.25, -0.2) is 22.8 Å². The fourth-order valence-electron chi connectivity index (χ4n) is 1.78. The van der Waals surface area contributed by atoms with Crippen molar-refractivity contribution in [2.24, 2.45) is 0 Å². The molecule has 0 fully saturated rings. The number of ether oxygens (including phenoxy) is 1. The molecule has 0 saturated heterocycles. The number of aromatic carboxylic acids is 1. The number of benzene rings is 2. The number of hydrogen-bond donors (Lipinski definition) is 2. The lowest BCUT2D eigenvalue weighted by Crippen LogP contribution is -2.19. The summed E-state index contributed by atoms with van der Waals surface area (Å²) in [5, 5.41) is 10.6. The van der Waals surface area contributed by atoms with Crippen molar-refractivity contribution in [1.29, 1.82) is 0 Å². The maximum absolute atomic E-state index is 13.6. The summed E-state index contributed by atoms with van der Waals surface area (Å²) in [5.41, 5.74) is -1.69. The van der Waals surface area contributed by atoms with Crippen molar-refractivity contribution in [1.82, 2.24) is 0 Å². The standard InChI is InChI=1S/C15H10F3NO4/c16-9-6-10(17)13(11(12(9)18)14(20)21)19-15(22)23-7-8-4-2-1-3-5-8/h1-6H,7H2,(H,19,22)(H,20,21). The molecule has 1 amide bonds. The van der Waals surface area contributed by atoms with E-state index >= 15 is 0 Å². The lowest BCUT2D eigenvalue weighted by Gasteiger charge is -2.11. The number of halogens is 3. The minimum atomic E-state index is -1.93. The predicted octanol–water partition coefficient (Wildman–Crippen LogP) is 3.55. The van der Waals surface area contributed by atoms with Gasteiger partial charge in [0.2, 0.25) is 0 Å². The molecule has 0 heterocycles. The highest BCUT2D eigenvalue weighted by atomic mass is 19.2. The van der Waals surface area contributed by atoms with Crippen LogP contribution in [0.15, 0.2) is 36.4 Å². The Morgan fingerprint density at radius 1 is 1.09 bits per heavy atom. The van der Waals surface area contributed by atoms with E-state index in [2.05, 4.69) is 0 Å². The summed E-state index contributed by atoms with van der Waals surface area (Å²) >= 11 is 0. The van der Waals surface area contributed by atoms with Gasteiger partial charge in [-0.05, 0) is 5.56 Å². The fourth-order valence-corrected chi connectivity index (χ4v) is 1.78. The van der Waals surface area contributed by atoms with Crippen molar-refractivity contribution < 1.29 is 32.6 Å². The molecule has 2 N–H and O–H groups in total. The van der Waals surface area contributed by atoms with Crippen molar-refractivity contribution in [2.75, 3.05) is 5.32 Å². The number of rotatable bonds is 4. The van der Waals surface area contributed by atoms with E-state index in [1.807, 2.05) is 0 Å². The van der Waals surface area contributed by atoms with Crippen LogP contribution >= 0.6 is 0 Å². The van der Waals surface area contributed by atoms with Gasteiger partial charge in [0.05, 0.1) is 5.69 Å². The van der Waals surface area contributed by atoms with E-state index in [9.17, 15) is 22.8 Å². The normalized spacial score (nSPS) is 10.2.